The predicted molar refractivity (Wildman–Crippen MR) is 89.1 cm³/mol. The Morgan fingerprint density at radius 2 is 2.33 bits per heavy atom. The first kappa shape index (κ1) is 16.2. The lowest BCUT2D eigenvalue weighted by atomic mass is 9.65. The van der Waals surface area contributed by atoms with Crippen LogP contribution >= 0.6 is 0 Å². The Balaban J connectivity index is 1.93. The summed E-state index contributed by atoms with van der Waals surface area (Å²) in [5.41, 5.74) is 6.59. The molecule has 2 atom stereocenters. The van der Waals surface area contributed by atoms with Gasteiger partial charge in [0.25, 0.3) is 5.78 Å². The first-order valence-electron chi connectivity index (χ1n) is 8.14. The molecule has 126 valence electrons. The lowest BCUT2D eigenvalue weighted by Gasteiger charge is -2.37. The van der Waals surface area contributed by atoms with Crippen LogP contribution in [-0.4, -0.2) is 30.7 Å². The Bertz CT molecular complexity index is 848. The van der Waals surface area contributed by atoms with Crippen molar-refractivity contribution < 1.29 is 9.90 Å². The maximum Gasteiger partial charge on any atom is 0.310 e. The van der Waals surface area contributed by atoms with Crippen molar-refractivity contribution in [3.63, 3.8) is 0 Å². The van der Waals surface area contributed by atoms with E-state index in [1.54, 1.807) is 0 Å². The van der Waals surface area contributed by atoms with Crippen LogP contribution in [-0.2, 0) is 4.79 Å². The van der Waals surface area contributed by atoms with Crippen LogP contribution in [0.2, 0.25) is 0 Å². The highest BCUT2D eigenvalue weighted by Crippen LogP contribution is 2.43. The quantitative estimate of drug-likeness (QED) is 0.818. The SMILES string of the molecule is Cc1nc2ncnn2c(N)c1C#CCC1(C(=O)O)CCCCC1C. The summed E-state index contributed by atoms with van der Waals surface area (Å²) in [6, 6.07) is 0. The number of carbonyl (C=O) groups is 1. The molecule has 0 aliphatic heterocycles. The Morgan fingerprint density at radius 3 is 3.04 bits per heavy atom. The Hall–Kier alpha value is -2.62. The molecule has 1 aliphatic rings. The molecule has 2 aromatic rings. The number of aliphatic carboxylic acids is 1. The number of hydrogen-bond acceptors (Lipinski definition) is 5. The van der Waals surface area contributed by atoms with Gasteiger partial charge in [0.05, 0.1) is 16.7 Å². The van der Waals surface area contributed by atoms with Crippen LogP contribution in [0, 0.1) is 30.1 Å². The molecule has 0 saturated heterocycles. The van der Waals surface area contributed by atoms with Gasteiger partial charge in [0.1, 0.15) is 12.1 Å². The van der Waals surface area contributed by atoms with Crippen LogP contribution in [0.5, 0.6) is 0 Å². The van der Waals surface area contributed by atoms with E-state index in [1.807, 2.05) is 13.8 Å². The number of nitrogens with zero attached hydrogens (tertiary/aromatic N) is 4. The van der Waals surface area contributed by atoms with Crippen molar-refractivity contribution >= 4 is 17.6 Å². The highest BCUT2D eigenvalue weighted by molar-refractivity contribution is 5.75. The van der Waals surface area contributed by atoms with Crippen LogP contribution < -0.4 is 5.73 Å². The lowest BCUT2D eigenvalue weighted by Crippen LogP contribution is -2.39. The van der Waals surface area contributed by atoms with Gasteiger partial charge in [-0.1, -0.05) is 31.6 Å². The molecule has 1 saturated carbocycles. The Kier molecular flexibility index (Phi) is 4.14. The van der Waals surface area contributed by atoms with Crippen LogP contribution in [0.1, 0.15) is 50.3 Å². The zero-order chi connectivity index (χ0) is 17.3. The number of rotatable bonds is 2. The molecule has 3 rings (SSSR count). The smallest absolute Gasteiger partial charge is 0.310 e. The topological polar surface area (TPSA) is 106 Å². The van der Waals surface area contributed by atoms with Crippen LogP contribution in [0.4, 0.5) is 5.82 Å². The van der Waals surface area contributed by atoms with Gasteiger partial charge in [-0.05, 0) is 25.7 Å². The standard InChI is InChI=1S/C17H21N5O2/c1-11-6-3-4-8-17(11,15(23)24)9-5-7-13-12(2)21-16-19-10-20-22(16)14(13)18/h10-11H,3-4,6,8-9,18H2,1-2H3,(H,23,24). The molecule has 0 aromatic carbocycles. The number of hydrogen-bond donors (Lipinski definition) is 2. The molecule has 1 fully saturated rings. The lowest BCUT2D eigenvalue weighted by molar-refractivity contribution is -0.154. The van der Waals surface area contributed by atoms with Gasteiger partial charge in [0.2, 0.25) is 0 Å². The molecule has 2 unspecified atom stereocenters. The van der Waals surface area contributed by atoms with Crippen LogP contribution in [0.15, 0.2) is 6.33 Å². The van der Waals surface area contributed by atoms with E-state index < -0.39 is 11.4 Å². The van der Waals surface area contributed by atoms with Gasteiger partial charge < -0.3 is 10.8 Å². The van der Waals surface area contributed by atoms with Crippen molar-refractivity contribution in [2.75, 3.05) is 5.73 Å². The maximum atomic E-state index is 11.9. The Morgan fingerprint density at radius 1 is 1.54 bits per heavy atom. The van der Waals surface area contributed by atoms with Gasteiger partial charge in [0, 0.05) is 6.42 Å². The fourth-order valence-electron chi connectivity index (χ4n) is 3.49. The monoisotopic (exact) mass is 327 g/mol. The number of fused-ring (bicyclic) bond motifs is 1. The molecular formula is C17H21N5O2. The summed E-state index contributed by atoms with van der Waals surface area (Å²) in [6.07, 6.45) is 5.33. The third-order valence-electron chi connectivity index (χ3n) is 5.14. The number of aryl methyl sites for hydroxylation is 1. The summed E-state index contributed by atoms with van der Waals surface area (Å²) in [5, 5.41) is 13.8. The zero-order valence-electron chi connectivity index (χ0n) is 13.9. The first-order chi connectivity index (χ1) is 11.5. The van der Waals surface area contributed by atoms with E-state index in [-0.39, 0.29) is 5.92 Å². The normalized spacial score (nSPS) is 23.7. The second-order valence-corrected chi connectivity index (χ2v) is 6.52. The second kappa shape index (κ2) is 6.11. The van der Waals surface area contributed by atoms with Gasteiger partial charge in [-0.3, -0.25) is 4.79 Å². The van der Waals surface area contributed by atoms with E-state index in [9.17, 15) is 9.90 Å². The van der Waals surface area contributed by atoms with Crippen molar-refractivity contribution in [1.82, 2.24) is 19.6 Å². The average molecular weight is 327 g/mol. The fourth-order valence-corrected chi connectivity index (χ4v) is 3.49. The van der Waals surface area contributed by atoms with E-state index in [4.69, 9.17) is 5.73 Å². The first-order valence-corrected chi connectivity index (χ1v) is 8.14. The summed E-state index contributed by atoms with van der Waals surface area (Å²) < 4.78 is 1.44. The molecule has 7 nitrogen and oxygen atoms in total. The summed E-state index contributed by atoms with van der Waals surface area (Å²) in [6.45, 7) is 3.82. The molecule has 7 heteroatoms. The highest BCUT2D eigenvalue weighted by Gasteiger charge is 2.44. The third-order valence-corrected chi connectivity index (χ3v) is 5.14. The summed E-state index contributed by atoms with van der Waals surface area (Å²) in [4.78, 5) is 20.2. The maximum absolute atomic E-state index is 11.9. The second-order valence-electron chi connectivity index (χ2n) is 6.52. The third kappa shape index (κ3) is 2.58. The molecule has 0 amide bonds. The minimum atomic E-state index is -0.765. The van der Waals surface area contributed by atoms with Crippen LogP contribution in [0.3, 0.4) is 0 Å². The van der Waals surface area contributed by atoms with Crippen LogP contribution in [0.25, 0.3) is 5.78 Å². The minimum Gasteiger partial charge on any atom is -0.481 e. The Labute approximate surface area is 140 Å². The van der Waals surface area contributed by atoms with E-state index in [0.29, 0.717) is 35.7 Å². The summed E-state index contributed by atoms with van der Waals surface area (Å²) >= 11 is 0. The minimum absolute atomic E-state index is 0.118. The zero-order valence-corrected chi connectivity index (χ0v) is 13.9. The van der Waals surface area contributed by atoms with Crippen molar-refractivity contribution in [1.29, 1.82) is 0 Å². The molecule has 0 bridgehead atoms. The predicted octanol–water partition coefficient (Wildman–Crippen LogP) is 2.04. The van der Waals surface area contributed by atoms with Gasteiger partial charge in [-0.2, -0.15) is 14.6 Å². The van der Waals surface area contributed by atoms with Gasteiger partial charge in [-0.15, -0.1) is 0 Å². The number of aromatic nitrogens is 4. The van der Waals surface area contributed by atoms with E-state index in [0.717, 1.165) is 19.3 Å². The van der Waals surface area contributed by atoms with E-state index >= 15 is 0 Å². The molecule has 2 heterocycles. The number of anilines is 1. The number of carboxylic acids is 1. The molecule has 1 aliphatic carbocycles. The molecule has 3 N–H and O–H groups in total. The van der Waals surface area contributed by atoms with E-state index in [2.05, 4.69) is 26.9 Å². The van der Waals surface area contributed by atoms with Gasteiger partial charge >= 0.3 is 5.97 Å². The average Bonchev–Trinajstić information content (AvgIpc) is 3.00. The van der Waals surface area contributed by atoms with Crippen molar-refractivity contribution in [2.24, 2.45) is 11.3 Å². The molecule has 24 heavy (non-hydrogen) atoms. The molecule has 0 radical (unpaired) electrons. The fraction of sp³-hybridized carbons (Fsp3) is 0.529. The van der Waals surface area contributed by atoms with Gasteiger partial charge in [-0.25, -0.2) is 4.98 Å². The largest absolute Gasteiger partial charge is 0.481 e. The number of nitrogens with two attached hydrogens (primary N) is 1. The summed E-state index contributed by atoms with van der Waals surface area (Å²) in [5.74, 6) is 6.25. The number of carboxylic acid groups (broad SMARTS) is 1. The summed E-state index contributed by atoms with van der Waals surface area (Å²) in [7, 11) is 0. The van der Waals surface area contributed by atoms with Crippen molar-refractivity contribution in [3.8, 4) is 11.8 Å². The molecule has 0 spiro atoms. The number of nitrogen functional groups attached to an aromatic ring is 1. The molecule has 2 aromatic heterocycles. The van der Waals surface area contributed by atoms with Gasteiger partial charge in [0.15, 0.2) is 0 Å². The molecular weight excluding hydrogens is 306 g/mol. The van der Waals surface area contributed by atoms with E-state index in [1.165, 1.54) is 10.8 Å². The van der Waals surface area contributed by atoms with Crippen molar-refractivity contribution in [2.45, 2.75) is 46.0 Å². The van der Waals surface area contributed by atoms with Crippen molar-refractivity contribution in [3.05, 3.63) is 17.6 Å². The highest BCUT2D eigenvalue weighted by atomic mass is 16.4.